The molecule has 0 aliphatic heterocycles. The van der Waals surface area contributed by atoms with Gasteiger partial charge in [0, 0.05) is 17.2 Å². The molecule has 0 spiro atoms. The smallest absolute Gasteiger partial charge is 0.270 e. The van der Waals surface area contributed by atoms with E-state index in [0.717, 1.165) is 28.1 Å². The number of nitrogens with zero attached hydrogens (tertiary/aromatic N) is 3. The van der Waals surface area contributed by atoms with Crippen LogP contribution in [0.4, 0.5) is 0 Å². The van der Waals surface area contributed by atoms with E-state index in [1.54, 1.807) is 17.7 Å². The zero-order chi connectivity index (χ0) is 22.8. The highest BCUT2D eigenvalue weighted by atomic mass is 16.5. The molecule has 0 bridgehead atoms. The first-order valence-electron chi connectivity index (χ1n) is 10.8. The number of benzene rings is 2. The first-order valence-corrected chi connectivity index (χ1v) is 10.8. The Morgan fingerprint density at radius 3 is 2.41 bits per heavy atom. The van der Waals surface area contributed by atoms with E-state index in [1.807, 2.05) is 68.4 Å². The van der Waals surface area contributed by atoms with Gasteiger partial charge < -0.3 is 10.1 Å². The van der Waals surface area contributed by atoms with E-state index in [1.165, 1.54) is 0 Å². The molecule has 0 aliphatic rings. The highest BCUT2D eigenvalue weighted by Crippen LogP contribution is 2.34. The fraction of sp³-hybridized carbons (Fsp3) is 0.269. The van der Waals surface area contributed by atoms with Gasteiger partial charge in [0.15, 0.2) is 5.65 Å². The Labute approximate surface area is 188 Å². The van der Waals surface area contributed by atoms with Gasteiger partial charge in [-0.25, -0.2) is 9.50 Å². The van der Waals surface area contributed by atoms with Crippen LogP contribution in [0.25, 0.3) is 28.0 Å². The SMILES string of the molecule is COc1ccccc1-c1cc(C(=O)NC(C)C(C)C)nc2c(-c3ccccc3)c(C)nn12. The molecule has 0 aliphatic carbocycles. The van der Waals surface area contributed by atoms with Gasteiger partial charge in [-0.3, -0.25) is 4.79 Å². The van der Waals surface area contributed by atoms with E-state index in [2.05, 4.69) is 19.2 Å². The number of aryl methyl sites for hydroxylation is 1. The third-order valence-electron chi connectivity index (χ3n) is 5.80. The lowest BCUT2D eigenvalue weighted by atomic mass is 10.1. The number of ether oxygens (including phenoxy) is 1. The highest BCUT2D eigenvalue weighted by molar-refractivity contribution is 5.95. The van der Waals surface area contributed by atoms with Crippen LogP contribution in [0.1, 0.15) is 37.0 Å². The van der Waals surface area contributed by atoms with Crippen molar-refractivity contribution < 1.29 is 9.53 Å². The summed E-state index contributed by atoms with van der Waals surface area (Å²) in [6.07, 6.45) is 0. The van der Waals surface area contributed by atoms with Crippen LogP contribution in [0.2, 0.25) is 0 Å². The second-order valence-electron chi connectivity index (χ2n) is 8.29. The fourth-order valence-corrected chi connectivity index (χ4v) is 3.68. The molecule has 164 valence electrons. The number of rotatable bonds is 6. The lowest BCUT2D eigenvalue weighted by molar-refractivity contribution is 0.0925. The Morgan fingerprint density at radius 1 is 1.03 bits per heavy atom. The molecular weight excluding hydrogens is 400 g/mol. The summed E-state index contributed by atoms with van der Waals surface area (Å²) in [6, 6.07) is 19.5. The maximum absolute atomic E-state index is 13.2. The van der Waals surface area contributed by atoms with Gasteiger partial charge in [-0.15, -0.1) is 0 Å². The molecule has 0 saturated heterocycles. The fourth-order valence-electron chi connectivity index (χ4n) is 3.68. The van der Waals surface area contributed by atoms with Crippen molar-refractivity contribution in [2.75, 3.05) is 7.11 Å². The van der Waals surface area contributed by atoms with Gasteiger partial charge in [0.1, 0.15) is 11.4 Å². The van der Waals surface area contributed by atoms with Gasteiger partial charge in [-0.2, -0.15) is 5.10 Å². The number of carbonyl (C=O) groups excluding carboxylic acids is 1. The molecule has 2 aromatic carbocycles. The second kappa shape index (κ2) is 8.83. The minimum Gasteiger partial charge on any atom is -0.496 e. The van der Waals surface area contributed by atoms with E-state index in [4.69, 9.17) is 14.8 Å². The van der Waals surface area contributed by atoms with Crippen molar-refractivity contribution in [3.63, 3.8) is 0 Å². The summed E-state index contributed by atoms with van der Waals surface area (Å²) in [6.45, 7) is 8.12. The normalized spacial score (nSPS) is 12.2. The van der Waals surface area contributed by atoms with Crippen molar-refractivity contribution in [1.82, 2.24) is 19.9 Å². The molecular formula is C26H28N4O2. The monoisotopic (exact) mass is 428 g/mol. The van der Waals surface area contributed by atoms with E-state index in [0.29, 0.717) is 23.0 Å². The average molecular weight is 429 g/mol. The van der Waals surface area contributed by atoms with Crippen LogP contribution in [0.3, 0.4) is 0 Å². The number of hydrogen-bond acceptors (Lipinski definition) is 4. The molecule has 2 aromatic heterocycles. The minimum absolute atomic E-state index is 0.0236. The zero-order valence-electron chi connectivity index (χ0n) is 19.1. The van der Waals surface area contributed by atoms with Crippen LogP contribution in [0.15, 0.2) is 60.7 Å². The maximum atomic E-state index is 13.2. The molecule has 2 heterocycles. The summed E-state index contributed by atoms with van der Waals surface area (Å²) >= 11 is 0. The van der Waals surface area contributed by atoms with Crippen LogP contribution in [0, 0.1) is 12.8 Å². The predicted octanol–water partition coefficient (Wildman–Crippen LogP) is 5.15. The van der Waals surface area contributed by atoms with Gasteiger partial charge in [-0.05, 0) is 43.5 Å². The first-order chi connectivity index (χ1) is 15.4. The van der Waals surface area contributed by atoms with Crippen molar-refractivity contribution in [3.05, 3.63) is 72.1 Å². The summed E-state index contributed by atoms with van der Waals surface area (Å²) in [7, 11) is 1.64. The van der Waals surface area contributed by atoms with Crippen molar-refractivity contribution in [3.8, 4) is 28.1 Å². The van der Waals surface area contributed by atoms with Gasteiger partial charge >= 0.3 is 0 Å². The Morgan fingerprint density at radius 2 is 1.72 bits per heavy atom. The van der Waals surface area contributed by atoms with Crippen LogP contribution in [-0.4, -0.2) is 33.7 Å². The molecule has 1 N–H and O–H groups in total. The molecule has 4 rings (SSSR count). The van der Waals surface area contributed by atoms with Crippen LogP contribution >= 0.6 is 0 Å². The molecule has 6 nitrogen and oxygen atoms in total. The van der Waals surface area contributed by atoms with Gasteiger partial charge in [-0.1, -0.05) is 56.3 Å². The second-order valence-corrected chi connectivity index (χ2v) is 8.29. The van der Waals surface area contributed by atoms with E-state index >= 15 is 0 Å². The number of fused-ring (bicyclic) bond motifs is 1. The molecule has 1 amide bonds. The molecule has 1 atom stereocenters. The number of aromatic nitrogens is 3. The summed E-state index contributed by atoms with van der Waals surface area (Å²) in [5, 5.41) is 7.87. The number of para-hydroxylation sites is 1. The van der Waals surface area contributed by atoms with Gasteiger partial charge in [0.2, 0.25) is 0 Å². The number of carbonyl (C=O) groups is 1. The average Bonchev–Trinajstić information content (AvgIpc) is 3.14. The van der Waals surface area contributed by atoms with E-state index in [-0.39, 0.29) is 11.9 Å². The molecule has 1 unspecified atom stereocenters. The van der Waals surface area contributed by atoms with Crippen LogP contribution in [0.5, 0.6) is 5.75 Å². The minimum atomic E-state index is -0.206. The summed E-state index contributed by atoms with van der Waals surface area (Å²) in [4.78, 5) is 17.9. The van der Waals surface area contributed by atoms with Crippen molar-refractivity contribution in [2.45, 2.75) is 33.7 Å². The van der Waals surface area contributed by atoms with Crippen molar-refractivity contribution in [2.24, 2.45) is 5.92 Å². The third kappa shape index (κ3) is 3.96. The Bertz CT molecular complexity index is 1260. The van der Waals surface area contributed by atoms with Gasteiger partial charge in [0.25, 0.3) is 5.91 Å². The maximum Gasteiger partial charge on any atom is 0.270 e. The van der Waals surface area contributed by atoms with Crippen LogP contribution in [-0.2, 0) is 0 Å². The Kier molecular flexibility index (Phi) is 5.95. The molecule has 0 fully saturated rings. The predicted molar refractivity (Wildman–Crippen MR) is 127 cm³/mol. The van der Waals surface area contributed by atoms with Gasteiger partial charge in [0.05, 0.1) is 18.5 Å². The third-order valence-corrected chi connectivity index (χ3v) is 5.80. The number of hydrogen-bond donors (Lipinski definition) is 1. The number of amides is 1. The lowest BCUT2D eigenvalue weighted by Gasteiger charge is -2.18. The standard InChI is InChI=1S/C26H28N4O2/c1-16(2)17(3)27-26(31)21-15-22(20-13-9-10-14-23(20)32-5)30-25(28-21)24(18(4)29-30)19-11-7-6-8-12-19/h6-17H,1-5H3,(H,27,31). The quantitative estimate of drug-likeness (QED) is 0.461. The molecule has 6 heteroatoms. The van der Waals surface area contributed by atoms with E-state index < -0.39 is 0 Å². The number of methoxy groups -OCH3 is 1. The molecule has 32 heavy (non-hydrogen) atoms. The van der Waals surface area contributed by atoms with Crippen molar-refractivity contribution in [1.29, 1.82) is 0 Å². The summed E-state index contributed by atoms with van der Waals surface area (Å²) in [5.41, 5.74) is 5.34. The first kappa shape index (κ1) is 21.6. The van der Waals surface area contributed by atoms with Crippen molar-refractivity contribution >= 4 is 11.6 Å². The highest BCUT2D eigenvalue weighted by Gasteiger charge is 2.22. The molecule has 4 aromatic rings. The Hall–Kier alpha value is -3.67. The van der Waals surface area contributed by atoms with E-state index in [9.17, 15) is 4.79 Å². The van der Waals surface area contributed by atoms with Crippen LogP contribution < -0.4 is 10.1 Å². The molecule has 0 saturated carbocycles. The topological polar surface area (TPSA) is 68.5 Å². The number of nitrogens with one attached hydrogen (secondary N) is 1. The largest absolute Gasteiger partial charge is 0.496 e. The summed E-state index contributed by atoms with van der Waals surface area (Å²) < 4.78 is 7.41. The molecule has 0 radical (unpaired) electrons. The Balaban J connectivity index is 1.98. The summed E-state index contributed by atoms with van der Waals surface area (Å²) in [5.74, 6) is 0.812. The zero-order valence-corrected chi connectivity index (χ0v) is 19.1. The lowest BCUT2D eigenvalue weighted by Crippen LogP contribution is -2.36.